The predicted molar refractivity (Wildman–Crippen MR) is 77.3 cm³/mol. The highest BCUT2D eigenvalue weighted by Gasteiger charge is 2.09. The molecule has 5 nitrogen and oxygen atoms in total. The minimum Gasteiger partial charge on any atom is -0.462 e. The normalized spacial score (nSPS) is 10.2. The van der Waals surface area contributed by atoms with Crippen molar-refractivity contribution in [1.29, 1.82) is 0 Å². The number of halogens is 1. The Morgan fingerprint density at radius 2 is 2.37 bits per heavy atom. The fourth-order valence-corrected chi connectivity index (χ4v) is 2.42. The topological polar surface area (TPSA) is 64.1 Å². The van der Waals surface area contributed by atoms with Crippen LogP contribution >= 0.6 is 27.5 Å². The molecule has 0 radical (unpaired) electrons. The van der Waals surface area contributed by atoms with Gasteiger partial charge >= 0.3 is 5.97 Å². The minimum absolute atomic E-state index is 0.321. The van der Waals surface area contributed by atoms with Crippen molar-refractivity contribution in [1.82, 2.24) is 9.59 Å². The number of esters is 1. The summed E-state index contributed by atoms with van der Waals surface area (Å²) in [7, 11) is 0. The molecule has 0 aliphatic rings. The molecule has 1 aromatic carbocycles. The first-order valence-corrected chi connectivity index (χ1v) is 7.30. The van der Waals surface area contributed by atoms with Crippen LogP contribution in [-0.2, 0) is 11.3 Å². The van der Waals surface area contributed by atoms with E-state index >= 15 is 0 Å². The fraction of sp³-hybridized carbons (Fsp3) is 0.250. The lowest BCUT2D eigenvalue weighted by Crippen LogP contribution is -2.06. The lowest BCUT2D eigenvalue weighted by Gasteiger charge is -2.08. The fourth-order valence-electron chi connectivity index (χ4n) is 1.45. The molecule has 0 unspecified atom stereocenters. The molecule has 0 aliphatic heterocycles. The average molecular weight is 342 g/mol. The summed E-state index contributed by atoms with van der Waals surface area (Å²) >= 11 is 4.74. The van der Waals surface area contributed by atoms with Gasteiger partial charge in [0.2, 0.25) is 0 Å². The molecular formula is C12H12BrN3O2S. The van der Waals surface area contributed by atoms with E-state index < -0.39 is 0 Å². The molecule has 7 heteroatoms. The second-order valence-electron chi connectivity index (χ2n) is 3.66. The van der Waals surface area contributed by atoms with Crippen LogP contribution in [0.2, 0.25) is 0 Å². The van der Waals surface area contributed by atoms with E-state index in [1.807, 2.05) is 11.4 Å². The Morgan fingerprint density at radius 1 is 1.53 bits per heavy atom. The van der Waals surface area contributed by atoms with Gasteiger partial charge in [0.1, 0.15) is 0 Å². The van der Waals surface area contributed by atoms with Crippen molar-refractivity contribution in [3.05, 3.63) is 39.3 Å². The van der Waals surface area contributed by atoms with Crippen molar-refractivity contribution in [2.24, 2.45) is 0 Å². The van der Waals surface area contributed by atoms with Gasteiger partial charge in [-0.2, -0.15) is 0 Å². The molecule has 0 saturated heterocycles. The zero-order valence-corrected chi connectivity index (χ0v) is 12.6. The molecule has 19 heavy (non-hydrogen) atoms. The Morgan fingerprint density at radius 3 is 3.00 bits per heavy atom. The Hall–Kier alpha value is -1.47. The summed E-state index contributed by atoms with van der Waals surface area (Å²) in [4.78, 5) is 11.6. The quantitative estimate of drug-likeness (QED) is 0.846. The molecule has 0 aliphatic carbocycles. The summed E-state index contributed by atoms with van der Waals surface area (Å²) < 4.78 is 9.54. The molecule has 100 valence electrons. The SMILES string of the molecule is CCOC(=O)c1ccc(NCc2csnn2)c(Br)c1. The van der Waals surface area contributed by atoms with Crippen LogP contribution in [0.4, 0.5) is 5.69 Å². The van der Waals surface area contributed by atoms with Gasteiger partial charge < -0.3 is 10.1 Å². The Labute approximate surface area is 123 Å². The number of hydrogen-bond donors (Lipinski definition) is 1. The summed E-state index contributed by atoms with van der Waals surface area (Å²) in [6.45, 7) is 2.74. The number of hydrogen-bond acceptors (Lipinski definition) is 6. The number of ether oxygens (including phenoxy) is 1. The third kappa shape index (κ3) is 3.74. The zero-order chi connectivity index (χ0) is 13.7. The summed E-state index contributed by atoms with van der Waals surface area (Å²) in [6.07, 6.45) is 0. The maximum atomic E-state index is 11.6. The first kappa shape index (κ1) is 14.0. The van der Waals surface area contributed by atoms with Crippen LogP contribution in [-0.4, -0.2) is 22.2 Å². The highest BCUT2D eigenvalue weighted by molar-refractivity contribution is 9.10. The summed E-state index contributed by atoms with van der Waals surface area (Å²) in [5.41, 5.74) is 2.29. The molecule has 0 fully saturated rings. The Balaban J connectivity index is 2.04. The standard InChI is InChI=1S/C12H12BrN3O2S/c1-2-18-12(17)8-3-4-11(10(13)5-8)14-6-9-7-19-16-15-9/h3-5,7,14H,2,6H2,1H3. The zero-order valence-electron chi connectivity index (χ0n) is 10.2. The van der Waals surface area contributed by atoms with Gasteiger partial charge in [-0.3, -0.25) is 0 Å². The molecule has 1 N–H and O–H groups in total. The molecule has 0 spiro atoms. The van der Waals surface area contributed by atoms with Crippen LogP contribution in [0.15, 0.2) is 28.1 Å². The van der Waals surface area contributed by atoms with Crippen molar-refractivity contribution in [2.75, 3.05) is 11.9 Å². The van der Waals surface area contributed by atoms with Gasteiger partial charge in [0.15, 0.2) is 0 Å². The molecule has 0 bridgehead atoms. The van der Waals surface area contributed by atoms with Crippen LogP contribution in [0, 0.1) is 0 Å². The number of anilines is 1. The van der Waals surface area contributed by atoms with Gasteiger partial charge in [-0.25, -0.2) is 4.79 Å². The molecule has 2 rings (SSSR count). The van der Waals surface area contributed by atoms with E-state index in [0.717, 1.165) is 15.9 Å². The molecule has 0 atom stereocenters. The van der Waals surface area contributed by atoms with E-state index in [4.69, 9.17) is 4.74 Å². The Kier molecular flexibility index (Phi) is 4.86. The van der Waals surface area contributed by atoms with E-state index in [9.17, 15) is 4.79 Å². The Bertz CT molecular complexity index is 560. The van der Waals surface area contributed by atoms with Crippen molar-refractivity contribution in [2.45, 2.75) is 13.5 Å². The van der Waals surface area contributed by atoms with Crippen molar-refractivity contribution in [3.8, 4) is 0 Å². The van der Waals surface area contributed by atoms with E-state index in [0.29, 0.717) is 18.7 Å². The van der Waals surface area contributed by atoms with E-state index in [-0.39, 0.29) is 5.97 Å². The monoisotopic (exact) mass is 341 g/mol. The van der Waals surface area contributed by atoms with Crippen LogP contribution < -0.4 is 5.32 Å². The number of carbonyl (C=O) groups is 1. The third-order valence-corrected chi connectivity index (χ3v) is 3.55. The van der Waals surface area contributed by atoms with Gasteiger partial charge in [-0.15, -0.1) is 5.10 Å². The van der Waals surface area contributed by atoms with Crippen LogP contribution in [0.5, 0.6) is 0 Å². The van der Waals surface area contributed by atoms with Gasteiger partial charge in [-0.05, 0) is 52.6 Å². The number of rotatable bonds is 5. The van der Waals surface area contributed by atoms with Gasteiger partial charge in [0.25, 0.3) is 0 Å². The largest absolute Gasteiger partial charge is 0.462 e. The number of benzene rings is 1. The van der Waals surface area contributed by atoms with Gasteiger partial charge in [0, 0.05) is 15.5 Å². The molecule has 0 amide bonds. The van der Waals surface area contributed by atoms with Crippen LogP contribution in [0.1, 0.15) is 23.0 Å². The maximum Gasteiger partial charge on any atom is 0.338 e. The molecule has 0 saturated carbocycles. The molecule has 1 heterocycles. The smallest absolute Gasteiger partial charge is 0.338 e. The summed E-state index contributed by atoms with van der Waals surface area (Å²) in [6, 6.07) is 5.29. The van der Waals surface area contributed by atoms with E-state index in [2.05, 4.69) is 30.8 Å². The summed E-state index contributed by atoms with van der Waals surface area (Å²) in [5.74, 6) is -0.321. The average Bonchev–Trinajstić information content (AvgIpc) is 2.90. The lowest BCUT2D eigenvalue weighted by molar-refractivity contribution is 0.0526. The first-order chi connectivity index (χ1) is 9.20. The second kappa shape index (κ2) is 6.63. The van der Waals surface area contributed by atoms with Crippen molar-refractivity contribution < 1.29 is 9.53 Å². The number of aromatic nitrogens is 2. The van der Waals surface area contributed by atoms with Crippen LogP contribution in [0.25, 0.3) is 0 Å². The third-order valence-electron chi connectivity index (χ3n) is 2.35. The van der Waals surface area contributed by atoms with Gasteiger partial charge in [-0.1, -0.05) is 4.49 Å². The second-order valence-corrected chi connectivity index (χ2v) is 5.13. The molecule has 2 aromatic rings. The van der Waals surface area contributed by atoms with E-state index in [1.165, 1.54) is 11.5 Å². The van der Waals surface area contributed by atoms with E-state index in [1.54, 1.807) is 19.1 Å². The number of nitrogens with zero attached hydrogens (tertiary/aromatic N) is 2. The lowest BCUT2D eigenvalue weighted by atomic mass is 10.2. The molecule has 1 aromatic heterocycles. The van der Waals surface area contributed by atoms with Crippen molar-refractivity contribution >= 4 is 39.1 Å². The number of nitrogens with one attached hydrogen (secondary N) is 1. The highest BCUT2D eigenvalue weighted by Crippen LogP contribution is 2.24. The molecular weight excluding hydrogens is 330 g/mol. The summed E-state index contributed by atoms with van der Waals surface area (Å²) in [5, 5.41) is 9.05. The van der Waals surface area contributed by atoms with Gasteiger partial charge in [0.05, 0.1) is 24.4 Å². The predicted octanol–water partition coefficient (Wildman–Crippen LogP) is 3.09. The van der Waals surface area contributed by atoms with Crippen LogP contribution in [0.3, 0.4) is 0 Å². The van der Waals surface area contributed by atoms with Crippen molar-refractivity contribution in [3.63, 3.8) is 0 Å². The maximum absolute atomic E-state index is 11.6. The first-order valence-electron chi connectivity index (χ1n) is 5.67. The number of carbonyl (C=O) groups excluding carboxylic acids is 1. The minimum atomic E-state index is -0.321. The highest BCUT2D eigenvalue weighted by atomic mass is 79.9.